The summed E-state index contributed by atoms with van der Waals surface area (Å²) in [6.45, 7) is 8.77. The molecule has 3 fully saturated rings. The summed E-state index contributed by atoms with van der Waals surface area (Å²) in [5.74, 6) is -0.846. The van der Waals surface area contributed by atoms with E-state index in [2.05, 4.69) is 32.0 Å². The molecule has 346 valence electrons. The molecule has 2 atom stereocenters. The SMILES string of the molecule is C[C@@H]1CN(CCCCCCNC(=O)c2ccc(N3C(=S)N(c4ccc(C#N)c(C(F)(F)F)c4)C(=O)C3(C)C)cc2F)CCN1c1cc(C2(S(C)(=N)=O)CC2)nc(-c2ccnc3[nH]ccc23)n1. The number of hydrogen-bond donors (Lipinski definition) is 3. The molecular formula is C46H49F4N11O3S2. The van der Waals surface area contributed by atoms with E-state index < -0.39 is 54.9 Å². The molecule has 0 radical (unpaired) electrons. The lowest BCUT2D eigenvalue weighted by atomic mass is 10.0. The summed E-state index contributed by atoms with van der Waals surface area (Å²) in [6, 6.07) is 14.0. The fraction of sp³-hybridized carbons (Fsp3) is 0.413. The topological polar surface area (TPSA) is 178 Å². The highest BCUT2D eigenvalue weighted by atomic mass is 32.2. The minimum absolute atomic E-state index is 0.126. The van der Waals surface area contributed by atoms with E-state index in [0.29, 0.717) is 43.4 Å². The average molecular weight is 944 g/mol. The zero-order chi connectivity index (χ0) is 47.3. The van der Waals surface area contributed by atoms with Crippen LogP contribution in [0.4, 0.5) is 34.8 Å². The van der Waals surface area contributed by atoms with Crippen LogP contribution in [-0.2, 0) is 25.4 Å². The van der Waals surface area contributed by atoms with Gasteiger partial charge in [-0.15, -0.1) is 0 Å². The van der Waals surface area contributed by atoms with Crippen molar-refractivity contribution in [3.8, 4) is 17.5 Å². The highest BCUT2D eigenvalue weighted by Gasteiger charge is 2.53. The van der Waals surface area contributed by atoms with Gasteiger partial charge in [0, 0.05) is 73.6 Å². The Morgan fingerprint density at radius 2 is 1.79 bits per heavy atom. The standard InChI is InChI=1S/C46H49F4N11O3S2/c1-28-27-58(21-22-59(28)38-25-37(45(15-16-45)66(4,52)64)56-40(57-38)33-14-19-54-39-32(33)13-18-53-39)20-8-6-5-7-17-55-41(62)34-12-11-31(24-36(34)47)61-43(65)60(42(63)44(61,2)3)30-10-9-29(26-51)35(23-30)46(48,49)50/h9-14,18-19,23-25,28,52H,5-8,15-17,20-22,27H2,1-4H3,(H,53,54)(H,55,62)/t28-,66?/m1/s1. The van der Waals surface area contributed by atoms with Gasteiger partial charge >= 0.3 is 6.18 Å². The molecule has 5 aromatic rings. The first kappa shape index (κ1) is 46.5. The minimum Gasteiger partial charge on any atom is -0.352 e. The molecule has 0 bridgehead atoms. The van der Waals surface area contributed by atoms with Crippen molar-refractivity contribution in [2.45, 2.75) is 81.8 Å². The minimum atomic E-state index is -4.86. The molecule has 2 aromatic carbocycles. The van der Waals surface area contributed by atoms with Gasteiger partial charge in [-0.05, 0) is 114 Å². The summed E-state index contributed by atoms with van der Waals surface area (Å²) in [6.07, 6.45) is 4.89. The summed E-state index contributed by atoms with van der Waals surface area (Å²) in [7, 11) is -2.92. The number of aromatic amines is 1. The molecule has 0 spiro atoms. The maximum absolute atomic E-state index is 15.5. The van der Waals surface area contributed by atoms with Crippen molar-refractivity contribution in [2.75, 3.05) is 53.7 Å². The van der Waals surface area contributed by atoms with E-state index in [1.54, 1.807) is 6.20 Å². The highest BCUT2D eigenvalue weighted by molar-refractivity contribution is 7.93. The number of anilines is 3. The van der Waals surface area contributed by atoms with Gasteiger partial charge in [0.2, 0.25) is 0 Å². The Balaban J connectivity index is 0.823. The number of halogens is 4. The molecule has 20 heteroatoms. The first-order chi connectivity index (χ1) is 31.2. The number of alkyl halides is 3. The average Bonchev–Trinajstić information content (AvgIpc) is 3.92. The van der Waals surface area contributed by atoms with Crippen molar-refractivity contribution in [1.29, 1.82) is 10.0 Å². The number of unbranched alkanes of at least 4 members (excludes halogenated alkanes) is 3. The molecule has 1 unspecified atom stereocenters. The van der Waals surface area contributed by atoms with Gasteiger partial charge in [-0.3, -0.25) is 24.2 Å². The number of carbonyl (C=O) groups is 2. The van der Waals surface area contributed by atoms with Crippen molar-refractivity contribution in [3.05, 3.63) is 95.2 Å². The monoisotopic (exact) mass is 943 g/mol. The number of nitriles is 1. The van der Waals surface area contributed by atoms with E-state index in [4.69, 9.17) is 27.0 Å². The number of benzene rings is 2. The molecule has 3 aromatic heterocycles. The number of carbonyl (C=O) groups excluding carboxylic acids is 2. The second kappa shape index (κ2) is 17.6. The Bertz CT molecular complexity index is 2890. The van der Waals surface area contributed by atoms with E-state index in [9.17, 15) is 32.2 Å². The molecule has 66 heavy (non-hydrogen) atoms. The van der Waals surface area contributed by atoms with Gasteiger partial charge in [-0.25, -0.2) is 23.6 Å². The van der Waals surface area contributed by atoms with E-state index >= 15 is 4.39 Å². The van der Waals surface area contributed by atoms with Crippen molar-refractivity contribution in [3.63, 3.8) is 0 Å². The summed E-state index contributed by atoms with van der Waals surface area (Å²) in [5.41, 5.74) is -1.33. The van der Waals surface area contributed by atoms with Crippen LogP contribution in [0.5, 0.6) is 0 Å². The second-order valence-corrected chi connectivity index (χ2v) is 20.5. The molecule has 2 amide bonds. The third kappa shape index (κ3) is 8.71. The normalized spacial score (nSPS) is 19.3. The van der Waals surface area contributed by atoms with Gasteiger partial charge in [-0.1, -0.05) is 12.8 Å². The maximum atomic E-state index is 15.5. The van der Waals surface area contributed by atoms with Crippen molar-refractivity contribution < 1.29 is 31.4 Å². The first-order valence-corrected chi connectivity index (χ1v) is 24.0. The third-order valence-electron chi connectivity index (χ3n) is 12.8. The number of fused-ring (bicyclic) bond motifs is 1. The molecule has 2 saturated heterocycles. The van der Waals surface area contributed by atoms with Crippen LogP contribution in [0.2, 0.25) is 0 Å². The lowest BCUT2D eigenvalue weighted by Gasteiger charge is -2.41. The van der Waals surface area contributed by atoms with Gasteiger partial charge in [0.15, 0.2) is 10.9 Å². The van der Waals surface area contributed by atoms with Crippen LogP contribution in [0, 0.1) is 21.9 Å². The van der Waals surface area contributed by atoms with Crippen molar-refractivity contribution in [2.24, 2.45) is 0 Å². The molecule has 8 rings (SSSR count). The predicted molar refractivity (Wildman–Crippen MR) is 248 cm³/mol. The number of rotatable bonds is 14. The molecule has 3 N–H and O–H groups in total. The fourth-order valence-electron chi connectivity index (χ4n) is 9.02. The van der Waals surface area contributed by atoms with E-state index in [-0.39, 0.29) is 28.1 Å². The number of pyridine rings is 1. The summed E-state index contributed by atoms with van der Waals surface area (Å²) >= 11 is 5.56. The smallest absolute Gasteiger partial charge is 0.352 e. The van der Waals surface area contributed by atoms with Crippen LogP contribution < -0.4 is 20.0 Å². The number of hydrogen-bond acceptors (Lipinski definition) is 11. The number of H-pyrrole nitrogens is 1. The number of nitrogens with one attached hydrogen (secondary N) is 3. The summed E-state index contributed by atoms with van der Waals surface area (Å²) in [5, 5.41) is 12.7. The quantitative estimate of drug-likeness (QED) is 0.0556. The highest BCUT2D eigenvalue weighted by Crippen LogP contribution is 2.53. The largest absolute Gasteiger partial charge is 0.417 e. The second-order valence-electron chi connectivity index (χ2n) is 17.7. The Hall–Kier alpha value is -6.04. The molecule has 14 nitrogen and oxygen atoms in total. The molecular weight excluding hydrogens is 895 g/mol. The van der Waals surface area contributed by atoms with E-state index in [1.165, 1.54) is 49.3 Å². The molecule has 5 heterocycles. The lowest BCUT2D eigenvalue weighted by molar-refractivity contribution is -0.137. The van der Waals surface area contributed by atoms with E-state index in [0.717, 1.165) is 84.9 Å². The summed E-state index contributed by atoms with van der Waals surface area (Å²) < 4.78 is 77.7. The number of piperazine rings is 1. The number of nitrogens with zero attached hydrogens (tertiary/aromatic N) is 8. The fourth-order valence-corrected chi connectivity index (χ4v) is 10.9. The third-order valence-corrected chi connectivity index (χ3v) is 15.3. The van der Waals surface area contributed by atoms with Crippen LogP contribution in [0.25, 0.3) is 22.4 Å². The predicted octanol–water partition coefficient (Wildman–Crippen LogP) is 8.13. The lowest BCUT2D eigenvalue weighted by Crippen LogP contribution is -2.52. The zero-order valence-corrected chi connectivity index (χ0v) is 38.5. The van der Waals surface area contributed by atoms with Gasteiger partial charge < -0.3 is 20.1 Å². The van der Waals surface area contributed by atoms with Gasteiger partial charge in [0.25, 0.3) is 11.8 Å². The first-order valence-electron chi connectivity index (χ1n) is 21.7. The molecule has 1 aliphatic carbocycles. The Morgan fingerprint density at radius 3 is 2.47 bits per heavy atom. The van der Waals surface area contributed by atoms with Gasteiger partial charge in [0.05, 0.1) is 48.6 Å². The van der Waals surface area contributed by atoms with Crippen LogP contribution >= 0.6 is 12.2 Å². The number of thiocarbonyl (C=S) groups is 1. The van der Waals surface area contributed by atoms with Crippen molar-refractivity contribution >= 4 is 67.1 Å². The van der Waals surface area contributed by atoms with Gasteiger partial charge in [-0.2, -0.15) is 18.4 Å². The van der Waals surface area contributed by atoms with Crippen LogP contribution in [0.1, 0.15) is 86.5 Å². The Morgan fingerprint density at radius 1 is 1.05 bits per heavy atom. The maximum Gasteiger partial charge on any atom is 0.417 e. The van der Waals surface area contributed by atoms with Crippen molar-refractivity contribution in [1.82, 2.24) is 30.2 Å². The zero-order valence-electron chi connectivity index (χ0n) is 36.8. The van der Waals surface area contributed by atoms with Crippen LogP contribution in [0.3, 0.4) is 0 Å². The van der Waals surface area contributed by atoms with Gasteiger partial charge in [0.1, 0.15) is 22.8 Å². The Kier molecular flexibility index (Phi) is 12.4. The summed E-state index contributed by atoms with van der Waals surface area (Å²) in [4.78, 5) is 51.1. The number of amides is 2. The number of aromatic nitrogens is 4. The molecule has 1 saturated carbocycles. The van der Waals surface area contributed by atoms with Crippen LogP contribution in [0.15, 0.2) is 67.0 Å². The Labute approximate surface area is 385 Å². The molecule has 2 aliphatic heterocycles. The van der Waals surface area contributed by atoms with Crippen LogP contribution in [-0.4, -0.2) is 96.5 Å². The molecule has 3 aliphatic rings. The van der Waals surface area contributed by atoms with E-state index in [1.807, 2.05) is 24.4 Å².